The lowest BCUT2D eigenvalue weighted by Gasteiger charge is -2.39. The quantitative estimate of drug-likeness (QED) is 0.685. The van der Waals surface area contributed by atoms with Crippen LogP contribution in [-0.2, 0) is 4.79 Å². The van der Waals surface area contributed by atoms with E-state index in [1.807, 2.05) is 18.2 Å². The van der Waals surface area contributed by atoms with Gasteiger partial charge in [-0.15, -0.1) is 0 Å². The number of hydrogen-bond acceptors (Lipinski definition) is 2. The Bertz CT molecular complexity index is 214. The van der Waals surface area contributed by atoms with Crippen LogP contribution in [0.1, 0.15) is 47.0 Å². The highest BCUT2D eigenvalue weighted by Crippen LogP contribution is 2.32. The highest BCUT2D eigenvalue weighted by Gasteiger charge is 2.31. The second-order valence-corrected chi connectivity index (χ2v) is 5.77. The predicted octanol–water partition coefficient (Wildman–Crippen LogP) is 3.41. The van der Waals surface area contributed by atoms with E-state index in [0.717, 1.165) is 18.6 Å². The van der Waals surface area contributed by atoms with Gasteiger partial charge < -0.3 is 4.90 Å². The number of hydrogen-bond donors (Lipinski definition) is 0. The fourth-order valence-electron chi connectivity index (χ4n) is 1.89. The SMILES string of the molecule is CCC(C)(CC)C(C)N(C)C(=O)CCSC. The minimum Gasteiger partial charge on any atom is -0.342 e. The molecule has 0 radical (unpaired) electrons. The van der Waals surface area contributed by atoms with Crippen molar-refractivity contribution in [2.75, 3.05) is 19.1 Å². The molecule has 1 amide bonds. The molecule has 0 fully saturated rings. The Kier molecular flexibility index (Phi) is 7.12. The first-order valence-electron chi connectivity index (χ1n) is 6.17. The molecule has 0 aliphatic rings. The normalized spacial score (nSPS) is 13.6. The van der Waals surface area contributed by atoms with E-state index in [4.69, 9.17) is 0 Å². The topological polar surface area (TPSA) is 20.3 Å². The number of carbonyl (C=O) groups is 1. The highest BCUT2D eigenvalue weighted by atomic mass is 32.2. The van der Waals surface area contributed by atoms with Gasteiger partial charge in [0, 0.05) is 25.3 Å². The molecule has 2 nitrogen and oxygen atoms in total. The molecular weight excluding hydrogens is 218 g/mol. The Labute approximate surface area is 105 Å². The summed E-state index contributed by atoms with van der Waals surface area (Å²) in [6.45, 7) is 8.86. The molecule has 0 aromatic rings. The van der Waals surface area contributed by atoms with Gasteiger partial charge in [0.1, 0.15) is 0 Å². The molecule has 0 rings (SSSR count). The van der Waals surface area contributed by atoms with E-state index in [-0.39, 0.29) is 11.3 Å². The summed E-state index contributed by atoms with van der Waals surface area (Å²) in [5, 5.41) is 0. The third kappa shape index (κ3) is 4.00. The molecule has 1 atom stereocenters. The maximum absolute atomic E-state index is 11.9. The van der Waals surface area contributed by atoms with Gasteiger partial charge in [0.25, 0.3) is 0 Å². The molecule has 1 unspecified atom stereocenters. The van der Waals surface area contributed by atoms with Gasteiger partial charge in [-0.2, -0.15) is 11.8 Å². The van der Waals surface area contributed by atoms with Crippen LogP contribution in [0, 0.1) is 5.41 Å². The maximum atomic E-state index is 11.9. The van der Waals surface area contributed by atoms with Crippen molar-refractivity contribution < 1.29 is 4.79 Å². The largest absolute Gasteiger partial charge is 0.342 e. The molecule has 0 aromatic carbocycles. The van der Waals surface area contributed by atoms with E-state index in [0.29, 0.717) is 12.5 Å². The number of amides is 1. The first kappa shape index (κ1) is 15.8. The van der Waals surface area contributed by atoms with Crippen molar-refractivity contribution in [3.8, 4) is 0 Å². The standard InChI is InChI=1S/C13H27NOS/c1-7-13(4,8-2)11(3)14(5)12(15)9-10-16-6/h11H,7-10H2,1-6H3. The third-order valence-electron chi connectivity index (χ3n) is 4.12. The van der Waals surface area contributed by atoms with Crippen molar-refractivity contribution in [3.63, 3.8) is 0 Å². The average molecular weight is 245 g/mol. The Morgan fingerprint density at radius 1 is 1.38 bits per heavy atom. The monoisotopic (exact) mass is 245 g/mol. The van der Waals surface area contributed by atoms with Crippen molar-refractivity contribution in [3.05, 3.63) is 0 Å². The Morgan fingerprint density at radius 3 is 2.25 bits per heavy atom. The minimum atomic E-state index is 0.240. The molecule has 0 aliphatic heterocycles. The van der Waals surface area contributed by atoms with Crippen LogP contribution in [0.25, 0.3) is 0 Å². The molecule has 3 heteroatoms. The zero-order chi connectivity index (χ0) is 12.8. The summed E-state index contributed by atoms with van der Waals surface area (Å²) in [7, 11) is 1.94. The van der Waals surface area contributed by atoms with Crippen LogP contribution in [0.4, 0.5) is 0 Å². The van der Waals surface area contributed by atoms with E-state index in [2.05, 4.69) is 27.7 Å². The van der Waals surface area contributed by atoms with E-state index in [1.165, 1.54) is 0 Å². The fraction of sp³-hybridized carbons (Fsp3) is 0.923. The van der Waals surface area contributed by atoms with Crippen molar-refractivity contribution in [1.82, 2.24) is 4.90 Å². The average Bonchev–Trinajstić information content (AvgIpc) is 2.32. The zero-order valence-corrected chi connectivity index (χ0v) is 12.5. The lowest BCUT2D eigenvalue weighted by molar-refractivity contribution is -0.133. The zero-order valence-electron chi connectivity index (χ0n) is 11.7. The van der Waals surface area contributed by atoms with Crippen LogP contribution in [-0.4, -0.2) is 35.9 Å². The molecule has 0 spiro atoms. The van der Waals surface area contributed by atoms with Gasteiger partial charge in [0.15, 0.2) is 0 Å². The highest BCUT2D eigenvalue weighted by molar-refractivity contribution is 7.98. The van der Waals surface area contributed by atoms with Crippen LogP contribution in [0.3, 0.4) is 0 Å². The summed E-state index contributed by atoms with van der Waals surface area (Å²) < 4.78 is 0. The number of nitrogens with zero attached hydrogens (tertiary/aromatic N) is 1. The molecule has 0 aliphatic carbocycles. The number of carbonyl (C=O) groups excluding carboxylic acids is 1. The van der Waals surface area contributed by atoms with Gasteiger partial charge in [-0.1, -0.05) is 20.8 Å². The van der Waals surface area contributed by atoms with E-state index in [1.54, 1.807) is 11.8 Å². The van der Waals surface area contributed by atoms with Crippen molar-refractivity contribution in [1.29, 1.82) is 0 Å². The lowest BCUT2D eigenvalue weighted by atomic mass is 9.77. The Hall–Kier alpha value is -0.180. The predicted molar refractivity (Wildman–Crippen MR) is 73.9 cm³/mol. The summed E-state index contributed by atoms with van der Waals surface area (Å²) in [5.74, 6) is 1.19. The lowest BCUT2D eigenvalue weighted by Crippen LogP contribution is -2.45. The van der Waals surface area contributed by atoms with Crippen molar-refractivity contribution in [2.24, 2.45) is 5.41 Å². The van der Waals surface area contributed by atoms with Crippen molar-refractivity contribution in [2.45, 2.75) is 53.0 Å². The smallest absolute Gasteiger partial charge is 0.223 e. The van der Waals surface area contributed by atoms with E-state index in [9.17, 15) is 4.79 Å². The molecule has 0 N–H and O–H groups in total. The van der Waals surface area contributed by atoms with Gasteiger partial charge in [-0.3, -0.25) is 4.79 Å². The molecule has 0 aromatic heterocycles. The molecule has 0 saturated carbocycles. The van der Waals surface area contributed by atoms with Gasteiger partial charge >= 0.3 is 0 Å². The summed E-state index contributed by atoms with van der Waals surface area (Å²) in [4.78, 5) is 13.9. The summed E-state index contributed by atoms with van der Waals surface area (Å²) in [6, 6.07) is 0.317. The summed E-state index contributed by atoms with van der Waals surface area (Å²) >= 11 is 1.73. The Balaban J connectivity index is 4.46. The maximum Gasteiger partial charge on any atom is 0.223 e. The van der Waals surface area contributed by atoms with Gasteiger partial charge in [0.2, 0.25) is 5.91 Å². The molecular formula is C13H27NOS. The van der Waals surface area contributed by atoms with E-state index >= 15 is 0 Å². The second-order valence-electron chi connectivity index (χ2n) is 4.78. The van der Waals surface area contributed by atoms with Crippen molar-refractivity contribution >= 4 is 17.7 Å². The number of thioether (sulfide) groups is 1. The van der Waals surface area contributed by atoms with Gasteiger partial charge in [-0.25, -0.2) is 0 Å². The van der Waals surface area contributed by atoms with Crippen LogP contribution < -0.4 is 0 Å². The molecule has 96 valence electrons. The third-order valence-corrected chi connectivity index (χ3v) is 4.73. The summed E-state index contributed by atoms with van der Waals surface area (Å²) in [6.07, 6.45) is 4.93. The fourth-order valence-corrected chi connectivity index (χ4v) is 2.27. The first-order chi connectivity index (χ1) is 7.42. The second kappa shape index (κ2) is 7.21. The number of rotatable bonds is 7. The molecule has 0 saturated heterocycles. The van der Waals surface area contributed by atoms with Gasteiger partial charge in [0.05, 0.1) is 0 Å². The van der Waals surface area contributed by atoms with Crippen LogP contribution in [0.5, 0.6) is 0 Å². The first-order valence-corrected chi connectivity index (χ1v) is 7.56. The minimum absolute atomic E-state index is 0.240. The Morgan fingerprint density at radius 2 is 1.88 bits per heavy atom. The molecule has 16 heavy (non-hydrogen) atoms. The van der Waals surface area contributed by atoms with Crippen LogP contribution in [0.15, 0.2) is 0 Å². The van der Waals surface area contributed by atoms with Gasteiger partial charge in [-0.05, 0) is 31.4 Å². The molecule has 0 heterocycles. The molecule has 0 bridgehead atoms. The van der Waals surface area contributed by atoms with Crippen LogP contribution in [0.2, 0.25) is 0 Å². The summed E-state index contributed by atoms with van der Waals surface area (Å²) in [5.41, 5.74) is 0.240. The van der Waals surface area contributed by atoms with E-state index < -0.39 is 0 Å². The van der Waals surface area contributed by atoms with Crippen LogP contribution >= 0.6 is 11.8 Å².